The summed E-state index contributed by atoms with van der Waals surface area (Å²) >= 11 is 0. The minimum Gasteiger partial charge on any atom is -0.463 e. The lowest BCUT2D eigenvalue weighted by Crippen LogP contribution is -2.38. The van der Waals surface area contributed by atoms with Crippen molar-refractivity contribution in [1.29, 1.82) is 0 Å². The highest BCUT2D eigenvalue weighted by Gasteiger charge is 2.12. The number of carbonyl (C=O) groups excluding carboxylic acids is 1. The molecule has 0 spiro atoms. The summed E-state index contributed by atoms with van der Waals surface area (Å²) in [4.78, 5) is 13.7. The summed E-state index contributed by atoms with van der Waals surface area (Å²) in [5.41, 5.74) is 2.50. The third-order valence-corrected chi connectivity index (χ3v) is 2.74. The fourth-order valence-electron chi connectivity index (χ4n) is 1.89. The maximum atomic E-state index is 11.5. The van der Waals surface area contributed by atoms with Crippen LogP contribution in [0.3, 0.4) is 0 Å². The average Bonchev–Trinajstić information content (AvgIpc) is 2.83. The van der Waals surface area contributed by atoms with Crippen molar-refractivity contribution in [3.8, 4) is 0 Å². The molecule has 1 fully saturated rings. The minimum absolute atomic E-state index is 0.0743. The number of rotatable bonds is 4. The van der Waals surface area contributed by atoms with E-state index in [1.54, 1.807) is 18.4 Å². The molecule has 2 heterocycles. The normalized spacial score (nSPS) is 17.4. The lowest BCUT2D eigenvalue weighted by atomic mass is 10.1. The van der Waals surface area contributed by atoms with Crippen LogP contribution in [0.1, 0.15) is 25.0 Å². The molecule has 0 saturated carbocycles. The first-order chi connectivity index (χ1) is 8.34. The molecular formula is C12H17N3O2. The van der Waals surface area contributed by atoms with Crippen molar-refractivity contribution in [1.82, 2.24) is 10.3 Å². The van der Waals surface area contributed by atoms with Crippen LogP contribution in [0.4, 0.5) is 0 Å². The highest BCUT2D eigenvalue weighted by molar-refractivity contribution is 5.81. The summed E-state index contributed by atoms with van der Waals surface area (Å²) < 4.78 is 5.05. The zero-order valence-electron chi connectivity index (χ0n) is 9.76. The summed E-state index contributed by atoms with van der Waals surface area (Å²) in [6, 6.07) is 3.55. The van der Waals surface area contributed by atoms with E-state index in [1.807, 2.05) is 0 Å². The number of likely N-dealkylation sites (tertiary alicyclic amines) is 1. The van der Waals surface area contributed by atoms with Crippen LogP contribution in [0.5, 0.6) is 0 Å². The van der Waals surface area contributed by atoms with Gasteiger partial charge in [-0.15, -0.1) is 0 Å². The zero-order chi connectivity index (χ0) is 11.9. The van der Waals surface area contributed by atoms with Crippen molar-refractivity contribution in [3.05, 3.63) is 24.2 Å². The number of furan rings is 1. The van der Waals surface area contributed by atoms with Crippen LogP contribution in [0.15, 0.2) is 27.9 Å². The van der Waals surface area contributed by atoms with E-state index in [4.69, 9.17) is 4.42 Å². The van der Waals surface area contributed by atoms with Crippen LogP contribution in [0.2, 0.25) is 0 Å². The SMILES string of the molecule is O=C(CN1CCCCC1)N/N=C/c1ccco1. The average molecular weight is 235 g/mol. The number of carbonyl (C=O) groups is 1. The van der Waals surface area contributed by atoms with E-state index in [1.165, 1.54) is 25.5 Å². The molecule has 0 atom stereocenters. The largest absolute Gasteiger partial charge is 0.463 e. The predicted octanol–water partition coefficient (Wildman–Crippen LogP) is 1.22. The molecule has 2 rings (SSSR count). The summed E-state index contributed by atoms with van der Waals surface area (Å²) in [7, 11) is 0. The van der Waals surface area contributed by atoms with E-state index in [-0.39, 0.29) is 5.91 Å². The van der Waals surface area contributed by atoms with E-state index in [0.717, 1.165) is 13.1 Å². The maximum Gasteiger partial charge on any atom is 0.254 e. The van der Waals surface area contributed by atoms with Gasteiger partial charge in [-0.1, -0.05) is 6.42 Å². The van der Waals surface area contributed by atoms with E-state index >= 15 is 0 Å². The molecule has 0 unspecified atom stereocenters. The van der Waals surface area contributed by atoms with Crippen LogP contribution in [0, 0.1) is 0 Å². The quantitative estimate of drug-likeness (QED) is 0.630. The second kappa shape index (κ2) is 6.20. The Balaban J connectivity index is 1.70. The number of hydrogen-bond donors (Lipinski definition) is 1. The Morgan fingerprint density at radius 1 is 1.47 bits per heavy atom. The van der Waals surface area contributed by atoms with Crippen LogP contribution in [0.25, 0.3) is 0 Å². The number of piperidine rings is 1. The standard InChI is InChI=1S/C12H17N3O2/c16-12(10-15-6-2-1-3-7-15)14-13-9-11-5-4-8-17-11/h4-5,8-9H,1-3,6-7,10H2,(H,14,16)/b13-9+. The van der Waals surface area contributed by atoms with Crippen LogP contribution < -0.4 is 5.43 Å². The Morgan fingerprint density at radius 2 is 2.29 bits per heavy atom. The molecule has 17 heavy (non-hydrogen) atoms. The van der Waals surface area contributed by atoms with Gasteiger partial charge in [-0.25, -0.2) is 5.43 Å². The Bertz CT molecular complexity index is 367. The van der Waals surface area contributed by atoms with Crippen molar-refractivity contribution >= 4 is 12.1 Å². The van der Waals surface area contributed by atoms with Crippen LogP contribution >= 0.6 is 0 Å². The fourth-order valence-corrected chi connectivity index (χ4v) is 1.89. The van der Waals surface area contributed by atoms with E-state index in [0.29, 0.717) is 12.3 Å². The molecular weight excluding hydrogens is 218 g/mol. The molecule has 1 saturated heterocycles. The van der Waals surface area contributed by atoms with Gasteiger partial charge in [-0.3, -0.25) is 9.69 Å². The first-order valence-corrected chi connectivity index (χ1v) is 5.92. The van der Waals surface area contributed by atoms with Crippen LogP contribution in [-0.4, -0.2) is 36.7 Å². The molecule has 1 aromatic rings. The molecule has 0 bridgehead atoms. The molecule has 92 valence electrons. The minimum atomic E-state index is -0.0743. The first kappa shape index (κ1) is 11.9. The highest BCUT2D eigenvalue weighted by Crippen LogP contribution is 2.07. The molecule has 1 aliphatic rings. The van der Waals surface area contributed by atoms with Crippen molar-refractivity contribution in [2.45, 2.75) is 19.3 Å². The summed E-state index contributed by atoms with van der Waals surface area (Å²) in [6.07, 6.45) is 6.70. The third-order valence-electron chi connectivity index (χ3n) is 2.74. The lowest BCUT2D eigenvalue weighted by molar-refractivity contribution is -0.122. The third kappa shape index (κ3) is 4.03. The van der Waals surface area contributed by atoms with Crippen molar-refractivity contribution in [3.63, 3.8) is 0 Å². The van der Waals surface area contributed by atoms with Gasteiger partial charge in [0, 0.05) is 0 Å². The van der Waals surface area contributed by atoms with E-state index < -0.39 is 0 Å². The number of hydrogen-bond acceptors (Lipinski definition) is 4. The van der Waals surface area contributed by atoms with Gasteiger partial charge >= 0.3 is 0 Å². The molecule has 5 heteroatoms. The van der Waals surface area contributed by atoms with Gasteiger partial charge in [0.15, 0.2) is 0 Å². The Morgan fingerprint density at radius 3 is 3.00 bits per heavy atom. The molecule has 1 aromatic heterocycles. The molecule has 0 radical (unpaired) electrons. The Kier molecular flexibility index (Phi) is 4.32. The van der Waals surface area contributed by atoms with Gasteiger partial charge in [-0.2, -0.15) is 5.10 Å². The number of nitrogens with zero attached hydrogens (tertiary/aromatic N) is 2. The topological polar surface area (TPSA) is 57.8 Å². The van der Waals surface area contributed by atoms with Gasteiger partial charge in [0.05, 0.1) is 19.0 Å². The molecule has 0 aromatic carbocycles. The molecule has 1 N–H and O–H groups in total. The van der Waals surface area contributed by atoms with Crippen LogP contribution in [-0.2, 0) is 4.79 Å². The Labute approximate surface area is 100 Å². The van der Waals surface area contributed by atoms with Gasteiger partial charge in [0.25, 0.3) is 5.91 Å². The summed E-state index contributed by atoms with van der Waals surface area (Å²) in [6.45, 7) is 2.44. The van der Waals surface area contributed by atoms with Gasteiger partial charge in [0.2, 0.25) is 0 Å². The maximum absolute atomic E-state index is 11.5. The van der Waals surface area contributed by atoms with Gasteiger partial charge in [0.1, 0.15) is 5.76 Å². The Hall–Kier alpha value is -1.62. The lowest BCUT2D eigenvalue weighted by Gasteiger charge is -2.25. The van der Waals surface area contributed by atoms with Crippen molar-refractivity contribution in [2.75, 3.05) is 19.6 Å². The predicted molar refractivity (Wildman–Crippen MR) is 64.7 cm³/mol. The molecule has 0 aliphatic carbocycles. The van der Waals surface area contributed by atoms with Gasteiger partial charge in [-0.05, 0) is 38.1 Å². The van der Waals surface area contributed by atoms with E-state index in [2.05, 4.69) is 15.4 Å². The molecule has 1 amide bonds. The first-order valence-electron chi connectivity index (χ1n) is 5.92. The fraction of sp³-hybridized carbons (Fsp3) is 0.500. The van der Waals surface area contributed by atoms with E-state index in [9.17, 15) is 4.79 Å². The van der Waals surface area contributed by atoms with Crippen molar-refractivity contribution < 1.29 is 9.21 Å². The smallest absolute Gasteiger partial charge is 0.254 e. The summed E-state index contributed by atoms with van der Waals surface area (Å²) in [5, 5.41) is 3.83. The number of hydrazone groups is 1. The molecule has 5 nitrogen and oxygen atoms in total. The van der Waals surface area contributed by atoms with Crippen molar-refractivity contribution in [2.24, 2.45) is 5.10 Å². The van der Waals surface area contributed by atoms with Gasteiger partial charge < -0.3 is 4.42 Å². The second-order valence-corrected chi connectivity index (χ2v) is 4.15. The number of nitrogens with one attached hydrogen (secondary N) is 1. The highest BCUT2D eigenvalue weighted by atomic mass is 16.3. The zero-order valence-corrected chi connectivity index (χ0v) is 9.76. The second-order valence-electron chi connectivity index (χ2n) is 4.15. The summed E-state index contributed by atoms with van der Waals surface area (Å²) in [5.74, 6) is 0.554. The number of amides is 1. The molecule has 1 aliphatic heterocycles. The monoisotopic (exact) mass is 235 g/mol.